The zero-order valence-corrected chi connectivity index (χ0v) is 18.2. The van der Waals surface area contributed by atoms with Crippen LogP contribution in [0.15, 0.2) is 55.0 Å². The van der Waals surface area contributed by atoms with Gasteiger partial charge in [0.15, 0.2) is 0 Å². The molecule has 0 unspecified atom stereocenters. The molecule has 8 heteroatoms. The van der Waals surface area contributed by atoms with Crippen molar-refractivity contribution >= 4 is 17.6 Å². The van der Waals surface area contributed by atoms with Gasteiger partial charge in [-0.05, 0) is 55.5 Å². The van der Waals surface area contributed by atoms with Crippen LogP contribution in [0.25, 0.3) is 11.1 Å². The third-order valence-corrected chi connectivity index (χ3v) is 5.86. The van der Waals surface area contributed by atoms with E-state index in [2.05, 4.69) is 21.5 Å². The summed E-state index contributed by atoms with van der Waals surface area (Å²) in [6.07, 6.45) is 8.54. The number of methoxy groups -OCH3 is 1. The number of pyridine rings is 1. The molecule has 3 aromatic rings. The Bertz CT molecular complexity index is 1090. The molecule has 1 aliphatic carbocycles. The van der Waals surface area contributed by atoms with E-state index in [1.807, 2.05) is 49.8 Å². The Balaban J connectivity index is 1.42. The number of hydrogen-bond donors (Lipinski definition) is 1. The molecule has 32 heavy (non-hydrogen) atoms. The number of ether oxygens (including phenoxy) is 1. The molecule has 1 aliphatic rings. The van der Waals surface area contributed by atoms with Gasteiger partial charge in [0, 0.05) is 42.8 Å². The summed E-state index contributed by atoms with van der Waals surface area (Å²) < 4.78 is 6.87. The van der Waals surface area contributed by atoms with E-state index < -0.39 is 0 Å². The SMILES string of the molecule is COC(=O)N(c1ccc(-c2cnn(C)c2)cc1)C1CCC(Nc2ccc(C#N)cn2)CC1. The van der Waals surface area contributed by atoms with Crippen LogP contribution in [0.2, 0.25) is 0 Å². The summed E-state index contributed by atoms with van der Waals surface area (Å²) in [7, 11) is 3.31. The van der Waals surface area contributed by atoms with Gasteiger partial charge in [-0.3, -0.25) is 9.58 Å². The number of nitriles is 1. The van der Waals surface area contributed by atoms with Crippen LogP contribution in [0.1, 0.15) is 31.2 Å². The minimum atomic E-state index is -0.343. The molecule has 1 aromatic carbocycles. The number of aryl methyl sites for hydroxylation is 1. The summed E-state index contributed by atoms with van der Waals surface area (Å²) in [5, 5.41) is 16.6. The second kappa shape index (κ2) is 9.52. The number of rotatable bonds is 5. The average Bonchev–Trinajstić information content (AvgIpc) is 3.27. The monoisotopic (exact) mass is 430 g/mol. The molecule has 1 fully saturated rings. The fourth-order valence-corrected chi connectivity index (χ4v) is 4.18. The van der Waals surface area contributed by atoms with Crippen LogP contribution in [-0.2, 0) is 11.8 Å². The second-order valence-corrected chi connectivity index (χ2v) is 7.98. The van der Waals surface area contributed by atoms with Gasteiger partial charge < -0.3 is 10.1 Å². The second-order valence-electron chi connectivity index (χ2n) is 7.98. The number of amides is 1. The molecule has 164 valence electrons. The van der Waals surface area contributed by atoms with E-state index in [1.54, 1.807) is 21.8 Å². The lowest BCUT2D eigenvalue weighted by molar-refractivity contribution is 0.173. The molecule has 4 rings (SSSR count). The van der Waals surface area contributed by atoms with Crippen LogP contribution >= 0.6 is 0 Å². The number of hydrogen-bond acceptors (Lipinski definition) is 6. The summed E-state index contributed by atoms with van der Waals surface area (Å²) in [6, 6.07) is 13.9. The highest BCUT2D eigenvalue weighted by Gasteiger charge is 2.30. The van der Waals surface area contributed by atoms with Crippen LogP contribution in [-0.4, -0.2) is 40.1 Å². The quantitative estimate of drug-likeness (QED) is 0.646. The van der Waals surface area contributed by atoms with Crippen molar-refractivity contribution in [2.24, 2.45) is 7.05 Å². The Hall–Kier alpha value is -3.86. The molecule has 1 amide bonds. The summed E-state index contributed by atoms with van der Waals surface area (Å²) in [5.41, 5.74) is 3.46. The predicted octanol–water partition coefficient (Wildman–Crippen LogP) is 4.35. The first-order chi connectivity index (χ1) is 15.6. The van der Waals surface area contributed by atoms with Crippen molar-refractivity contribution < 1.29 is 9.53 Å². The molecule has 0 spiro atoms. The van der Waals surface area contributed by atoms with Gasteiger partial charge in [0.25, 0.3) is 0 Å². The van der Waals surface area contributed by atoms with E-state index in [0.717, 1.165) is 48.3 Å². The Morgan fingerprint density at radius 2 is 1.88 bits per heavy atom. The predicted molar refractivity (Wildman–Crippen MR) is 122 cm³/mol. The molecule has 1 N–H and O–H groups in total. The summed E-state index contributed by atoms with van der Waals surface area (Å²) >= 11 is 0. The first kappa shape index (κ1) is 21.4. The number of nitrogens with zero attached hydrogens (tertiary/aromatic N) is 5. The number of aromatic nitrogens is 3. The standard InChI is InChI=1S/C24H26N6O2/c1-29-16-19(15-27-29)18-4-8-21(9-5-18)30(24(31)32-2)22-10-6-20(7-11-22)28-23-12-3-17(13-25)14-26-23/h3-5,8-9,12,14-16,20,22H,6-7,10-11H2,1-2H3,(H,26,28). The summed E-state index contributed by atoms with van der Waals surface area (Å²) in [5.74, 6) is 0.767. The highest BCUT2D eigenvalue weighted by molar-refractivity contribution is 5.88. The van der Waals surface area contributed by atoms with Crippen molar-refractivity contribution in [1.82, 2.24) is 14.8 Å². The van der Waals surface area contributed by atoms with Crippen LogP contribution in [0, 0.1) is 11.3 Å². The Labute approximate surface area is 187 Å². The zero-order valence-electron chi connectivity index (χ0n) is 18.2. The first-order valence-corrected chi connectivity index (χ1v) is 10.7. The molecular weight excluding hydrogens is 404 g/mol. The molecule has 0 radical (unpaired) electrons. The van der Waals surface area contributed by atoms with Gasteiger partial charge in [0.1, 0.15) is 11.9 Å². The average molecular weight is 431 g/mol. The van der Waals surface area contributed by atoms with Crippen molar-refractivity contribution in [1.29, 1.82) is 5.26 Å². The normalized spacial score (nSPS) is 17.9. The van der Waals surface area contributed by atoms with Crippen LogP contribution < -0.4 is 10.2 Å². The van der Waals surface area contributed by atoms with Gasteiger partial charge in [-0.15, -0.1) is 0 Å². The lowest BCUT2D eigenvalue weighted by Crippen LogP contribution is -2.44. The van der Waals surface area contributed by atoms with Gasteiger partial charge in [0.2, 0.25) is 0 Å². The molecule has 0 aliphatic heterocycles. The Morgan fingerprint density at radius 3 is 2.44 bits per heavy atom. The number of carbonyl (C=O) groups excluding carboxylic acids is 1. The largest absolute Gasteiger partial charge is 0.452 e. The number of anilines is 2. The van der Waals surface area contributed by atoms with Gasteiger partial charge in [-0.2, -0.15) is 10.4 Å². The maximum Gasteiger partial charge on any atom is 0.414 e. The highest BCUT2D eigenvalue weighted by atomic mass is 16.5. The van der Waals surface area contributed by atoms with Crippen LogP contribution in [0.4, 0.5) is 16.3 Å². The fraction of sp³-hybridized carbons (Fsp3) is 0.333. The maximum atomic E-state index is 12.6. The Kier molecular flexibility index (Phi) is 6.36. The molecular formula is C24H26N6O2. The topological polar surface area (TPSA) is 96.1 Å². The molecule has 0 saturated heterocycles. The number of nitrogens with one attached hydrogen (secondary N) is 1. The van der Waals surface area contributed by atoms with Crippen molar-refractivity contribution in [3.63, 3.8) is 0 Å². The lowest BCUT2D eigenvalue weighted by atomic mass is 9.90. The number of carbonyl (C=O) groups is 1. The lowest BCUT2D eigenvalue weighted by Gasteiger charge is -2.36. The third-order valence-electron chi connectivity index (χ3n) is 5.86. The number of benzene rings is 1. The molecule has 0 bridgehead atoms. The van der Waals surface area contributed by atoms with E-state index in [0.29, 0.717) is 5.56 Å². The van der Waals surface area contributed by atoms with Gasteiger partial charge in [0.05, 0.1) is 18.9 Å². The molecule has 0 atom stereocenters. The van der Waals surface area contributed by atoms with Crippen LogP contribution in [0.3, 0.4) is 0 Å². The zero-order chi connectivity index (χ0) is 22.5. The fourth-order valence-electron chi connectivity index (χ4n) is 4.18. The van der Waals surface area contributed by atoms with Gasteiger partial charge in [-0.1, -0.05) is 12.1 Å². The van der Waals surface area contributed by atoms with Crippen LogP contribution in [0.5, 0.6) is 0 Å². The van der Waals surface area contributed by atoms with E-state index in [-0.39, 0.29) is 18.2 Å². The minimum Gasteiger partial charge on any atom is -0.452 e. The maximum absolute atomic E-state index is 12.6. The van der Waals surface area contributed by atoms with E-state index in [4.69, 9.17) is 10.00 Å². The van der Waals surface area contributed by atoms with Gasteiger partial charge in [-0.25, -0.2) is 9.78 Å². The smallest absolute Gasteiger partial charge is 0.414 e. The molecule has 8 nitrogen and oxygen atoms in total. The van der Waals surface area contributed by atoms with E-state index >= 15 is 0 Å². The van der Waals surface area contributed by atoms with Crippen molar-refractivity contribution in [2.45, 2.75) is 37.8 Å². The van der Waals surface area contributed by atoms with E-state index in [9.17, 15) is 4.79 Å². The van der Waals surface area contributed by atoms with Gasteiger partial charge >= 0.3 is 6.09 Å². The summed E-state index contributed by atoms with van der Waals surface area (Å²) in [4.78, 5) is 18.7. The molecule has 1 saturated carbocycles. The summed E-state index contributed by atoms with van der Waals surface area (Å²) in [6.45, 7) is 0. The van der Waals surface area contributed by atoms with Crippen molar-refractivity contribution in [3.05, 3.63) is 60.6 Å². The minimum absolute atomic E-state index is 0.0682. The third kappa shape index (κ3) is 4.72. The van der Waals surface area contributed by atoms with Crippen molar-refractivity contribution in [3.8, 4) is 17.2 Å². The molecule has 2 aromatic heterocycles. The Morgan fingerprint density at radius 1 is 1.12 bits per heavy atom. The first-order valence-electron chi connectivity index (χ1n) is 10.7. The molecule has 2 heterocycles. The highest BCUT2D eigenvalue weighted by Crippen LogP contribution is 2.31. The van der Waals surface area contributed by atoms with Crippen molar-refractivity contribution in [2.75, 3.05) is 17.3 Å². The van der Waals surface area contributed by atoms with E-state index in [1.165, 1.54) is 7.11 Å².